The van der Waals surface area contributed by atoms with Crippen LogP contribution in [0.5, 0.6) is 5.88 Å². The molecule has 0 aliphatic rings. The zero-order valence-corrected chi connectivity index (χ0v) is 14.4. The number of carbonyl (C=O) groups excluding carboxylic acids is 1. The van der Waals surface area contributed by atoms with Gasteiger partial charge in [-0.15, -0.1) is 0 Å². The molecule has 0 saturated heterocycles. The summed E-state index contributed by atoms with van der Waals surface area (Å²) in [7, 11) is 2.90. The number of carbonyl (C=O) groups is 1. The SMILES string of the molecule is COc1ncc(F)cc1C(=O)N(C)C(C)c1cc(F)ccc1Br. The van der Waals surface area contributed by atoms with Crippen molar-refractivity contribution in [1.29, 1.82) is 0 Å². The maximum atomic E-state index is 13.5. The Kier molecular flexibility index (Phi) is 5.30. The summed E-state index contributed by atoms with van der Waals surface area (Å²) < 4.78 is 32.5. The summed E-state index contributed by atoms with van der Waals surface area (Å²) in [6.07, 6.45) is 0.974. The number of pyridine rings is 1. The predicted molar refractivity (Wildman–Crippen MR) is 85.4 cm³/mol. The minimum atomic E-state index is -0.637. The molecule has 0 radical (unpaired) electrons. The Balaban J connectivity index is 2.36. The average Bonchev–Trinajstić information content (AvgIpc) is 2.55. The number of amides is 1. The van der Waals surface area contributed by atoms with Crippen LogP contribution in [0.15, 0.2) is 34.9 Å². The van der Waals surface area contributed by atoms with E-state index in [2.05, 4.69) is 20.9 Å². The largest absolute Gasteiger partial charge is 0.480 e. The molecule has 1 unspecified atom stereocenters. The van der Waals surface area contributed by atoms with Gasteiger partial charge in [0.25, 0.3) is 5.91 Å². The molecule has 1 heterocycles. The molecule has 0 saturated carbocycles. The van der Waals surface area contributed by atoms with Crippen molar-refractivity contribution < 1.29 is 18.3 Å². The molecule has 0 spiro atoms. The quantitative estimate of drug-likeness (QED) is 0.800. The summed E-state index contributed by atoms with van der Waals surface area (Å²) in [4.78, 5) is 17.7. The van der Waals surface area contributed by atoms with Gasteiger partial charge in [0.05, 0.1) is 19.3 Å². The third kappa shape index (κ3) is 3.67. The topological polar surface area (TPSA) is 42.4 Å². The van der Waals surface area contributed by atoms with E-state index >= 15 is 0 Å². The summed E-state index contributed by atoms with van der Waals surface area (Å²) in [6.45, 7) is 1.75. The summed E-state index contributed by atoms with van der Waals surface area (Å²) in [6, 6.07) is 4.86. The molecule has 1 atom stereocenters. The lowest BCUT2D eigenvalue weighted by atomic mass is 10.1. The molecule has 122 valence electrons. The Hall–Kier alpha value is -2.02. The van der Waals surface area contributed by atoms with Crippen LogP contribution >= 0.6 is 15.9 Å². The molecule has 4 nitrogen and oxygen atoms in total. The molecule has 23 heavy (non-hydrogen) atoms. The number of ether oxygens (including phenoxy) is 1. The van der Waals surface area contributed by atoms with Gasteiger partial charge in [0, 0.05) is 11.5 Å². The van der Waals surface area contributed by atoms with Crippen LogP contribution in [0.25, 0.3) is 0 Å². The lowest BCUT2D eigenvalue weighted by molar-refractivity contribution is 0.0737. The molecule has 1 aromatic carbocycles. The standard InChI is InChI=1S/C16H15BrF2N2O2/c1-9(12-6-10(18)4-5-14(12)17)21(2)16(22)13-7-11(19)8-20-15(13)23-3/h4-9H,1-3H3. The highest BCUT2D eigenvalue weighted by Crippen LogP contribution is 2.29. The van der Waals surface area contributed by atoms with Gasteiger partial charge in [0.15, 0.2) is 0 Å². The monoisotopic (exact) mass is 384 g/mol. The zero-order valence-electron chi connectivity index (χ0n) is 12.8. The molecule has 2 aromatic rings. The third-order valence-corrected chi connectivity index (χ3v) is 4.27. The summed E-state index contributed by atoms with van der Waals surface area (Å²) >= 11 is 3.34. The zero-order chi connectivity index (χ0) is 17.1. The number of aromatic nitrogens is 1. The lowest BCUT2D eigenvalue weighted by Gasteiger charge is -2.26. The summed E-state index contributed by atoms with van der Waals surface area (Å²) in [5.74, 6) is -1.48. The van der Waals surface area contributed by atoms with Gasteiger partial charge in [-0.25, -0.2) is 13.8 Å². The van der Waals surface area contributed by atoms with Gasteiger partial charge in [-0.05, 0) is 36.8 Å². The Morgan fingerprint density at radius 3 is 2.65 bits per heavy atom. The van der Waals surface area contributed by atoms with Crippen LogP contribution in [0.1, 0.15) is 28.9 Å². The number of methoxy groups -OCH3 is 1. The number of hydrogen-bond acceptors (Lipinski definition) is 3. The third-order valence-electron chi connectivity index (χ3n) is 3.55. The van der Waals surface area contributed by atoms with Crippen molar-refractivity contribution in [3.8, 4) is 5.88 Å². The van der Waals surface area contributed by atoms with Crippen molar-refractivity contribution in [2.45, 2.75) is 13.0 Å². The maximum Gasteiger partial charge on any atom is 0.259 e. The number of nitrogens with zero attached hydrogens (tertiary/aromatic N) is 2. The molecular weight excluding hydrogens is 370 g/mol. The van der Waals surface area contributed by atoms with Crippen molar-refractivity contribution >= 4 is 21.8 Å². The van der Waals surface area contributed by atoms with Gasteiger partial charge >= 0.3 is 0 Å². The van der Waals surface area contributed by atoms with Gasteiger partial charge in [-0.2, -0.15) is 0 Å². The van der Waals surface area contributed by atoms with Crippen LogP contribution in [0, 0.1) is 11.6 Å². The molecule has 0 aliphatic carbocycles. The van der Waals surface area contributed by atoms with Gasteiger partial charge in [0.2, 0.25) is 5.88 Å². The first kappa shape index (κ1) is 17.3. The fraction of sp³-hybridized carbons (Fsp3) is 0.250. The normalized spacial score (nSPS) is 11.9. The Morgan fingerprint density at radius 2 is 2.00 bits per heavy atom. The summed E-state index contributed by atoms with van der Waals surface area (Å²) in [5, 5.41) is 0. The van der Waals surface area contributed by atoms with E-state index in [0.29, 0.717) is 10.0 Å². The van der Waals surface area contributed by atoms with Gasteiger partial charge in [0.1, 0.15) is 17.2 Å². The fourth-order valence-corrected chi connectivity index (χ4v) is 2.73. The van der Waals surface area contributed by atoms with Crippen molar-refractivity contribution in [1.82, 2.24) is 9.88 Å². The van der Waals surface area contributed by atoms with E-state index in [-0.39, 0.29) is 11.4 Å². The van der Waals surface area contributed by atoms with E-state index in [9.17, 15) is 13.6 Å². The van der Waals surface area contributed by atoms with E-state index in [0.717, 1.165) is 12.3 Å². The molecule has 0 N–H and O–H groups in total. The Morgan fingerprint density at radius 1 is 1.30 bits per heavy atom. The summed E-state index contributed by atoms with van der Waals surface area (Å²) in [5.41, 5.74) is 0.610. The Labute approximate surface area is 141 Å². The highest BCUT2D eigenvalue weighted by atomic mass is 79.9. The van der Waals surface area contributed by atoms with Crippen LogP contribution in [-0.4, -0.2) is 29.9 Å². The Bertz CT molecular complexity index is 740. The minimum Gasteiger partial charge on any atom is -0.480 e. The van der Waals surface area contributed by atoms with Crippen LogP contribution in [0.2, 0.25) is 0 Å². The lowest BCUT2D eigenvalue weighted by Crippen LogP contribution is -2.30. The van der Waals surface area contributed by atoms with Crippen molar-refractivity contribution in [2.24, 2.45) is 0 Å². The molecular formula is C16H15BrF2N2O2. The van der Waals surface area contributed by atoms with Crippen molar-refractivity contribution in [3.05, 3.63) is 57.7 Å². The second-order valence-corrected chi connectivity index (χ2v) is 5.82. The number of halogens is 3. The molecule has 0 aliphatic heterocycles. The van der Waals surface area contributed by atoms with Crippen LogP contribution in [0.4, 0.5) is 8.78 Å². The second-order valence-electron chi connectivity index (χ2n) is 4.97. The second kappa shape index (κ2) is 7.04. The highest BCUT2D eigenvalue weighted by molar-refractivity contribution is 9.10. The first-order chi connectivity index (χ1) is 10.8. The van der Waals surface area contributed by atoms with Crippen LogP contribution in [0.3, 0.4) is 0 Å². The predicted octanol–water partition coefficient (Wildman–Crippen LogP) is 3.96. The van der Waals surface area contributed by atoms with E-state index in [1.807, 2.05) is 0 Å². The van der Waals surface area contributed by atoms with E-state index in [1.165, 1.54) is 24.1 Å². The number of benzene rings is 1. The molecule has 1 aromatic heterocycles. The van der Waals surface area contributed by atoms with Crippen LogP contribution in [-0.2, 0) is 0 Å². The molecule has 0 fully saturated rings. The molecule has 1 amide bonds. The number of hydrogen-bond donors (Lipinski definition) is 0. The first-order valence-electron chi connectivity index (χ1n) is 6.76. The van der Waals surface area contributed by atoms with Crippen molar-refractivity contribution in [3.63, 3.8) is 0 Å². The maximum absolute atomic E-state index is 13.5. The smallest absolute Gasteiger partial charge is 0.259 e. The number of rotatable bonds is 4. The van der Waals surface area contributed by atoms with E-state index < -0.39 is 23.6 Å². The molecule has 7 heteroatoms. The van der Waals surface area contributed by atoms with Gasteiger partial charge in [-0.3, -0.25) is 4.79 Å². The fourth-order valence-electron chi connectivity index (χ4n) is 2.15. The molecule has 0 bridgehead atoms. The molecule has 2 rings (SSSR count). The van der Waals surface area contributed by atoms with Gasteiger partial charge in [-0.1, -0.05) is 15.9 Å². The van der Waals surface area contributed by atoms with E-state index in [1.54, 1.807) is 20.0 Å². The van der Waals surface area contributed by atoms with Crippen LogP contribution < -0.4 is 4.74 Å². The first-order valence-corrected chi connectivity index (χ1v) is 7.56. The minimum absolute atomic E-state index is 0.00868. The van der Waals surface area contributed by atoms with Crippen molar-refractivity contribution in [2.75, 3.05) is 14.2 Å². The van der Waals surface area contributed by atoms with E-state index in [4.69, 9.17) is 4.74 Å². The van der Waals surface area contributed by atoms with Gasteiger partial charge < -0.3 is 9.64 Å². The highest BCUT2D eigenvalue weighted by Gasteiger charge is 2.24. The average molecular weight is 385 g/mol.